The molecule has 0 aromatic heterocycles. The first-order valence-corrected chi connectivity index (χ1v) is 8.87. The van der Waals surface area contributed by atoms with Crippen LogP contribution in [-0.2, 0) is 4.79 Å². The predicted octanol–water partition coefficient (Wildman–Crippen LogP) is 5.04. The smallest absolute Gasteiger partial charge is 0.257 e. The summed E-state index contributed by atoms with van der Waals surface area (Å²) in [4.78, 5) is 24.3. The number of hydrogen-bond acceptors (Lipinski definition) is 3. The summed E-state index contributed by atoms with van der Waals surface area (Å²) in [5, 5.41) is 6.02. The molecule has 26 heavy (non-hydrogen) atoms. The Bertz CT molecular complexity index is 806. The maximum absolute atomic E-state index is 12.4. The highest BCUT2D eigenvalue weighted by molar-refractivity contribution is 6.34. The van der Waals surface area contributed by atoms with Crippen molar-refractivity contribution in [3.05, 3.63) is 52.5 Å². The molecule has 0 unspecified atom stereocenters. The molecular weight excluding hydrogens is 352 g/mol. The molecule has 0 saturated carbocycles. The van der Waals surface area contributed by atoms with Gasteiger partial charge in [-0.2, -0.15) is 0 Å². The van der Waals surface area contributed by atoms with Crippen LogP contribution in [0.4, 0.5) is 11.4 Å². The van der Waals surface area contributed by atoms with E-state index >= 15 is 0 Å². The molecule has 0 bridgehead atoms. The lowest BCUT2D eigenvalue weighted by Crippen LogP contribution is -2.14. The molecular formula is C20H23ClN2O3. The lowest BCUT2D eigenvalue weighted by Gasteiger charge is -2.13. The van der Waals surface area contributed by atoms with Gasteiger partial charge in [0.15, 0.2) is 0 Å². The van der Waals surface area contributed by atoms with E-state index in [1.165, 1.54) is 7.11 Å². The van der Waals surface area contributed by atoms with E-state index in [-0.39, 0.29) is 11.8 Å². The SMILES string of the molecule is CCCCC(=O)Nc1ccc(NC(=O)c2ccc(C)cc2Cl)cc1OC. The zero-order chi connectivity index (χ0) is 19.1. The molecule has 6 heteroatoms. The number of hydrogen-bond donors (Lipinski definition) is 2. The zero-order valence-corrected chi connectivity index (χ0v) is 15.9. The zero-order valence-electron chi connectivity index (χ0n) is 15.2. The number of anilines is 2. The van der Waals surface area contributed by atoms with Gasteiger partial charge in [-0.1, -0.05) is 31.0 Å². The first-order chi connectivity index (χ1) is 12.4. The number of carbonyl (C=O) groups excluding carboxylic acids is 2. The van der Waals surface area contributed by atoms with E-state index in [1.807, 2.05) is 19.9 Å². The van der Waals surface area contributed by atoms with Gasteiger partial charge in [-0.05, 0) is 43.2 Å². The fourth-order valence-corrected chi connectivity index (χ4v) is 2.75. The highest BCUT2D eigenvalue weighted by Gasteiger charge is 2.13. The van der Waals surface area contributed by atoms with E-state index in [2.05, 4.69) is 10.6 Å². The van der Waals surface area contributed by atoms with Gasteiger partial charge in [-0.3, -0.25) is 9.59 Å². The van der Waals surface area contributed by atoms with Gasteiger partial charge >= 0.3 is 0 Å². The molecule has 2 N–H and O–H groups in total. The molecule has 2 rings (SSSR count). The standard InChI is InChI=1S/C20H23ClN2O3/c1-4-5-6-19(24)23-17-10-8-14(12-18(17)26-3)22-20(25)15-9-7-13(2)11-16(15)21/h7-12H,4-6H2,1-3H3,(H,22,25)(H,23,24). The highest BCUT2D eigenvalue weighted by atomic mass is 35.5. The molecule has 0 spiro atoms. The number of nitrogens with one attached hydrogen (secondary N) is 2. The van der Waals surface area contributed by atoms with Gasteiger partial charge in [0.2, 0.25) is 5.91 Å². The van der Waals surface area contributed by atoms with Crippen LogP contribution < -0.4 is 15.4 Å². The summed E-state index contributed by atoms with van der Waals surface area (Å²) in [6, 6.07) is 10.3. The molecule has 2 aromatic carbocycles. The number of benzene rings is 2. The van der Waals surface area contributed by atoms with Gasteiger partial charge in [-0.25, -0.2) is 0 Å². The molecule has 0 aliphatic carbocycles. The van der Waals surface area contributed by atoms with Crippen molar-refractivity contribution in [1.82, 2.24) is 0 Å². The first kappa shape index (κ1) is 19.8. The molecule has 0 heterocycles. The van der Waals surface area contributed by atoms with Crippen molar-refractivity contribution in [3.63, 3.8) is 0 Å². The summed E-state index contributed by atoms with van der Waals surface area (Å²) in [7, 11) is 1.51. The fraction of sp³-hybridized carbons (Fsp3) is 0.300. The van der Waals surface area contributed by atoms with Crippen LogP contribution in [0.2, 0.25) is 5.02 Å². The summed E-state index contributed by atoms with van der Waals surface area (Å²) < 4.78 is 5.33. The number of methoxy groups -OCH3 is 1. The second-order valence-corrected chi connectivity index (χ2v) is 6.41. The number of aryl methyl sites for hydroxylation is 1. The van der Waals surface area contributed by atoms with Crippen LogP contribution in [0.15, 0.2) is 36.4 Å². The van der Waals surface area contributed by atoms with Crippen molar-refractivity contribution in [2.75, 3.05) is 17.7 Å². The van der Waals surface area contributed by atoms with Gasteiger partial charge in [0.05, 0.1) is 23.4 Å². The number of ether oxygens (including phenoxy) is 1. The summed E-state index contributed by atoms with van der Waals surface area (Å²) in [6.45, 7) is 3.94. The number of carbonyl (C=O) groups is 2. The minimum Gasteiger partial charge on any atom is -0.494 e. The Kier molecular flexibility index (Phi) is 7.04. The maximum atomic E-state index is 12.4. The quantitative estimate of drug-likeness (QED) is 0.713. The van der Waals surface area contributed by atoms with Gasteiger partial charge in [-0.15, -0.1) is 0 Å². The van der Waals surface area contributed by atoms with E-state index in [4.69, 9.17) is 16.3 Å². The van der Waals surface area contributed by atoms with Crippen LogP contribution in [-0.4, -0.2) is 18.9 Å². The average molecular weight is 375 g/mol. The fourth-order valence-electron chi connectivity index (χ4n) is 2.42. The van der Waals surface area contributed by atoms with Crippen molar-refractivity contribution in [2.24, 2.45) is 0 Å². The Labute approximate surface area is 158 Å². The van der Waals surface area contributed by atoms with Gasteiger partial charge < -0.3 is 15.4 Å². The molecule has 0 saturated heterocycles. The van der Waals surface area contributed by atoms with E-state index in [0.29, 0.717) is 34.1 Å². The van der Waals surface area contributed by atoms with Gasteiger partial charge in [0.1, 0.15) is 5.75 Å². The summed E-state index contributed by atoms with van der Waals surface area (Å²) in [5.41, 5.74) is 2.50. The Morgan fingerprint density at radius 1 is 1.12 bits per heavy atom. The van der Waals surface area contributed by atoms with E-state index in [0.717, 1.165) is 18.4 Å². The van der Waals surface area contributed by atoms with E-state index in [9.17, 15) is 9.59 Å². The topological polar surface area (TPSA) is 67.4 Å². The normalized spacial score (nSPS) is 10.3. The maximum Gasteiger partial charge on any atom is 0.257 e. The monoisotopic (exact) mass is 374 g/mol. The molecule has 0 fully saturated rings. The number of unbranched alkanes of at least 4 members (excludes halogenated alkanes) is 1. The Morgan fingerprint density at radius 2 is 1.88 bits per heavy atom. The molecule has 138 valence electrons. The lowest BCUT2D eigenvalue weighted by molar-refractivity contribution is -0.116. The number of halogens is 1. The Morgan fingerprint density at radius 3 is 2.54 bits per heavy atom. The molecule has 0 radical (unpaired) electrons. The Balaban J connectivity index is 2.13. The average Bonchev–Trinajstić information content (AvgIpc) is 2.61. The second-order valence-electron chi connectivity index (χ2n) is 6.00. The summed E-state index contributed by atoms with van der Waals surface area (Å²) >= 11 is 6.14. The number of rotatable bonds is 7. The predicted molar refractivity (Wildman–Crippen MR) is 105 cm³/mol. The largest absolute Gasteiger partial charge is 0.494 e. The summed E-state index contributed by atoms with van der Waals surface area (Å²) in [5.74, 6) is 0.104. The minimum atomic E-state index is -0.309. The molecule has 0 aliphatic heterocycles. The van der Waals surface area contributed by atoms with Crippen molar-refractivity contribution < 1.29 is 14.3 Å². The van der Waals surface area contributed by atoms with E-state index < -0.39 is 0 Å². The third-order valence-electron chi connectivity index (χ3n) is 3.86. The van der Waals surface area contributed by atoms with Crippen LogP contribution in [0.5, 0.6) is 5.75 Å². The van der Waals surface area contributed by atoms with Crippen LogP contribution >= 0.6 is 11.6 Å². The Hall–Kier alpha value is -2.53. The minimum absolute atomic E-state index is 0.0617. The van der Waals surface area contributed by atoms with Gasteiger partial charge in [0, 0.05) is 18.2 Å². The van der Waals surface area contributed by atoms with Crippen molar-refractivity contribution >= 4 is 34.8 Å². The molecule has 2 aromatic rings. The molecule has 2 amide bonds. The van der Waals surface area contributed by atoms with Crippen molar-refractivity contribution in [1.29, 1.82) is 0 Å². The third kappa shape index (κ3) is 5.23. The second kappa shape index (κ2) is 9.25. The van der Waals surface area contributed by atoms with Crippen LogP contribution in [0.1, 0.15) is 42.1 Å². The van der Waals surface area contributed by atoms with Crippen molar-refractivity contribution in [2.45, 2.75) is 33.1 Å². The highest BCUT2D eigenvalue weighted by Crippen LogP contribution is 2.29. The lowest BCUT2D eigenvalue weighted by atomic mass is 10.1. The first-order valence-electron chi connectivity index (χ1n) is 8.50. The van der Waals surface area contributed by atoms with E-state index in [1.54, 1.807) is 30.3 Å². The number of amides is 2. The van der Waals surface area contributed by atoms with Crippen molar-refractivity contribution in [3.8, 4) is 5.75 Å². The molecule has 5 nitrogen and oxygen atoms in total. The molecule has 0 aliphatic rings. The molecule has 0 atom stereocenters. The third-order valence-corrected chi connectivity index (χ3v) is 4.17. The van der Waals surface area contributed by atoms with Crippen LogP contribution in [0.3, 0.4) is 0 Å². The van der Waals surface area contributed by atoms with Gasteiger partial charge in [0.25, 0.3) is 5.91 Å². The van der Waals surface area contributed by atoms with Crippen LogP contribution in [0.25, 0.3) is 0 Å². The van der Waals surface area contributed by atoms with Crippen LogP contribution in [0, 0.1) is 6.92 Å². The summed E-state index contributed by atoms with van der Waals surface area (Å²) in [6.07, 6.45) is 2.25.